The summed E-state index contributed by atoms with van der Waals surface area (Å²) < 4.78 is 30.7. The molecule has 1 fully saturated rings. The number of halogens is 2. The van der Waals surface area contributed by atoms with E-state index in [4.69, 9.17) is 4.74 Å². The fourth-order valence-electron chi connectivity index (χ4n) is 2.20. The van der Waals surface area contributed by atoms with Gasteiger partial charge < -0.3 is 9.84 Å². The van der Waals surface area contributed by atoms with Gasteiger partial charge in [0, 0.05) is 5.92 Å². The highest BCUT2D eigenvalue weighted by atomic mass is 19.2. The van der Waals surface area contributed by atoms with Crippen LogP contribution in [0.4, 0.5) is 8.78 Å². The highest BCUT2D eigenvalue weighted by molar-refractivity contribution is 6.04. The second-order valence-electron chi connectivity index (χ2n) is 4.43. The third-order valence-electron chi connectivity index (χ3n) is 3.33. The number of carboxylic acids is 1. The van der Waals surface area contributed by atoms with Gasteiger partial charge in [0.25, 0.3) is 0 Å². The maximum absolute atomic E-state index is 13.1. The second kappa shape index (κ2) is 4.60. The molecular formula is C13H12F2O4. The summed E-state index contributed by atoms with van der Waals surface area (Å²) in [5, 5.41) is 9.19. The van der Waals surface area contributed by atoms with E-state index in [0.29, 0.717) is 0 Å². The van der Waals surface area contributed by atoms with Crippen LogP contribution in [0.15, 0.2) is 18.2 Å². The molecule has 1 aliphatic rings. The Morgan fingerprint density at radius 2 is 2.11 bits per heavy atom. The highest BCUT2D eigenvalue weighted by Gasteiger charge is 2.68. The molecule has 1 saturated carbocycles. The molecule has 6 heteroatoms. The van der Waals surface area contributed by atoms with Gasteiger partial charge in [0.05, 0.1) is 6.61 Å². The minimum absolute atomic E-state index is 0.0340. The number of carboxylic acid groups (broad SMARTS) is 1. The van der Waals surface area contributed by atoms with Gasteiger partial charge in [-0.25, -0.2) is 8.78 Å². The third-order valence-corrected chi connectivity index (χ3v) is 3.33. The predicted octanol–water partition coefficient (Wildman–Crippen LogP) is 2.09. The molecule has 2 unspecified atom stereocenters. The number of hydrogen-bond acceptors (Lipinski definition) is 3. The summed E-state index contributed by atoms with van der Waals surface area (Å²) in [6.07, 6.45) is 0.0340. The van der Waals surface area contributed by atoms with Gasteiger partial charge in [-0.15, -0.1) is 0 Å². The summed E-state index contributed by atoms with van der Waals surface area (Å²) in [6.45, 7) is 1.64. The Morgan fingerprint density at radius 3 is 2.63 bits per heavy atom. The molecule has 1 aromatic carbocycles. The molecule has 1 N–H and O–H groups in total. The second-order valence-corrected chi connectivity index (χ2v) is 4.43. The van der Waals surface area contributed by atoms with Crippen LogP contribution in [-0.4, -0.2) is 23.7 Å². The minimum Gasteiger partial charge on any atom is -0.480 e. The molecule has 19 heavy (non-hydrogen) atoms. The van der Waals surface area contributed by atoms with Crippen molar-refractivity contribution in [3.8, 4) is 0 Å². The molecule has 2 rings (SSSR count). The summed E-state index contributed by atoms with van der Waals surface area (Å²) >= 11 is 0. The zero-order valence-corrected chi connectivity index (χ0v) is 10.2. The maximum atomic E-state index is 13.1. The number of carbonyl (C=O) groups is 2. The van der Waals surface area contributed by atoms with Crippen molar-refractivity contribution in [2.24, 2.45) is 5.41 Å². The molecule has 4 nitrogen and oxygen atoms in total. The van der Waals surface area contributed by atoms with Gasteiger partial charge in [0.15, 0.2) is 17.0 Å². The molecule has 0 amide bonds. The zero-order chi connectivity index (χ0) is 14.2. The first-order chi connectivity index (χ1) is 8.93. The molecule has 1 aliphatic carbocycles. The van der Waals surface area contributed by atoms with E-state index in [-0.39, 0.29) is 18.6 Å². The third kappa shape index (κ3) is 2.07. The number of ether oxygens (including phenoxy) is 1. The van der Waals surface area contributed by atoms with E-state index in [9.17, 15) is 23.5 Å². The van der Waals surface area contributed by atoms with E-state index in [1.54, 1.807) is 6.92 Å². The van der Waals surface area contributed by atoms with Gasteiger partial charge in [0.2, 0.25) is 0 Å². The van der Waals surface area contributed by atoms with Gasteiger partial charge >= 0.3 is 11.9 Å². The fourth-order valence-corrected chi connectivity index (χ4v) is 2.20. The standard InChI is InChI=1S/C13H12F2O4/c1-2-19-12(18)13(11(16)17)6-8(13)7-3-4-9(14)10(15)5-7/h3-5,8H,2,6H2,1H3,(H,16,17). The monoisotopic (exact) mass is 270 g/mol. The Labute approximate surface area is 108 Å². The lowest BCUT2D eigenvalue weighted by atomic mass is 9.99. The van der Waals surface area contributed by atoms with E-state index >= 15 is 0 Å². The van der Waals surface area contributed by atoms with Crippen molar-refractivity contribution in [1.82, 2.24) is 0 Å². The quantitative estimate of drug-likeness (QED) is 0.672. The van der Waals surface area contributed by atoms with Crippen molar-refractivity contribution in [2.45, 2.75) is 19.3 Å². The Kier molecular flexibility index (Phi) is 3.26. The molecule has 1 aromatic rings. The van der Waals surface area contributed by atoms with Crippen molar-refractivity contribution in [3.63, 3.8) is 0 Å². The Bertz CT molecular complexity index is 543. The molecule has 2 atom stereocenters. The van der Waals surface area contributed by atoms with Gasteiger partial charge in [-0.2, -0.15) is 0 Å². The van der Waals surface area contributed by atoms with E-state index in [2.05, 4.69) is 0 Å². The Balaban J connectivity index is 2.30. The van der Waals surface area contributed by atoms with Crippen LogP contribution in [0.2, 0.25) is 0 Å². The van der Waals surface area contributed by atoms with Crippen molar-refractivity contribution in [3.05, 3.63) is 35.4 Å². The van der Waals surface area contributed by atoms with Gasteiger partial charge in [-0.05, 0) is 31.0 Å². The molecule has 0 bridgehead atoms. The topological polar surface area (TPSA) is 63.6 Å². The number of hydrogen-bond donors (Lipinski definition) is 1. The van der Waals surface area contributed by atoms with Crippen LogP contribution in [-0.2, 0) is 14.3 Å². The first-order valence-corrected chi connectivity index (χ1v) is 5.79. The first kappa shape index (κ1) is 13.5. The van der Waals surface area contributed by atoms with Gasteiger partial charge in [-0.3, -0.25) is 9.59 Å². The van der Waals surface area contributed by atoms with Crippen molar-refractivity contribution in [2.75, 3.05) is 6.61 Å². The number of aliphatic carboxylic acids is 1. The van der Waals surface area contributed by atoms with Crippen molar-refractivity contribution in [1.29, 1.82) is 0 Å². The summed E-state index contributed by atoms with van der Waals surface area (Å²) in [5.41, 5.74) is -1.38. The van der Waals surface area contributed by atoms with E-state index in [1.165, 1.54) is 6.07 Å². The summed E-state index contributed by atoms with van der Waals surface area (Å²) in [4.78, 5) is 23.0. The minimum atomic E-state index is -1.67. The highest BCUT2D eigenvalue weighted by Crippen LogP contribution is 2.60. The smallest absolute Gasteiger partial charge is 0.324 e. The van der Waals surface area contributed by atoms with Crippen LogP contribution in [0.3, 0.4) is 0 Å². The lowest BCUT2D eigenvalue weighted by Gasteiger charge is -2.11. The molecule has 0 saturated heterocycles. The number of carbonyl (C=O) groups excluding carboxylic acids is 1. The van der Waals surface area contributed by atoms with E-state index < -0.39 is 34.9 Å². The summed E-state index contributed by atoms with van der Waals surface area (Å²) in [6, 6.07) is 3.12. The van der Waals surface area contributed by atoms with E-state index in [1.807, 2.05) is 0 Å². The summed E-state index contributed by atoms with van der Waals surface area (Å²) in [7, 11) is 0. The fraction of sp³-hybridized carbons (Fsp3) is 0.385. The number of rotatable bonds is 4. The van der Waals surface area contributed by atoms with Crippen LogP contribution < -0.4 is 0 Å². The Hall–Kier alpha value is -1.98. The van der Waals surface area contributed by atoms with E-state index in [0.717, 1.165) is 12.1 Å². The first-order valence-electron chi connectivity index (χ1n) is 5.79. The molecule has 0 heterocycles. The average Bonchev–Trinajstić information content (AvgIpc) is 3.10. The average molecular weight is 270 g/mol. The number of benzene rings is 1. The maximum Gasteiger partial charge on any atom is 0.324 e. The molecule has 0 aliphatic heterocycles. The Morgan fingerprint density at radius 1 is 1.42 bits per heavy atom. The lowest BCUT2D eigenvalue weighted by Crippen LogP contribution is -2.29. The lowest BCUT2D eigenvalue weighted by molar-refractivity contribution is -0.161. The normalized spacial score (nSPS) is 24.9. The molecular weight excluding hydrogens is 258 g/mol. The van der Waals surface area contributed by atoms with Crippen molar-refractivity contribution >= 4 is 11.9 Å². The largest absolute Gasteiger partial charge is 0.480 e. The van der Waals surface area contributed by atoms with Crippen LogP contribution in [0.5, 0.6) is 0 Å². The predicted molar refractivity (Wildman–Crippen MR) is 60.4 cm³/mol. The van der Waals surface area contributed by atoms with Crippen LogP contribution in [0, 0.1) is 17.0 Å². The van der Waals surface area contributed by atoms with Gasteiger partial charge in [-0.1, -0.05) is 6.07 Å². The van der Waals surface area contributed by atoms with Crippen LogP contribution in [0.25, 0.3) is 0 Å². The molecule has 102 valence electrons. The number of esters is 1. The SMILES string of the molecule is CCOC(=O)C1(C(=O)O)CC1c1ccc(F)c(F)c1. The van der Waals surface area contributed by atoms with Crippen molar-refractivity contribution < 1.29 is 28.2 Å². The van der Waals surface area contributed by atoms with Gasteiger partial charge in [0.1, 0.15) is 0 Å². The molecule has 0 aromatic heterocycles. The van der Waals surface area contributed by atoms with Crippen LogP contribution in [0.1, 0.15) is 24.8 Å². The van der Waals surface area contributed by atoms with Crippen LogP contribution >= 0.6 is 0 Å². The molecule has 0 spiro atoms. The molecule has 0 radical (unpaired) electrons. The zero-order valence-electron chi connectivity index (χ0n) is 10.2. The summed E-state index contributed by atoms with van der Waals surface area (Å²) in [5.74, 6) is -4.90.